The SMILES string of the molecule is CCC=C=COCC. The first kappa shape index (κ1) is 7.32. The van der Waals surface area contributed by atoms with Gasteiger partial charge in [0.1, 0.15) is 6.26 Å². The standard InChI is InChI=1S/C7H12O/c1-3-5-6-7-8-4-2/h5,7H,3-4H2,1-2H3. The van der Waals surface area contributed by atoms with E-state index in [-0.39, 0.29) is 0 Å². The van der Waals surface area contributed by atoms with Crippen molar-refractivity contribution in [2.45, 2.75) is 20.3 Å². The molecule has 0 amide bonds. The minimum absolute atomic E-state index is 0.727. The molecule has 0 spiro atoms. The maximum absolute atomic E-state index is 4.87. The maximum Gasteiger partial charge on any atom is 0.125 e. The number of hydrogen-bond acceptors (Lipinski definition) is 1. The molecular formula is C7H12O. The van der Waals surface area contributed by atoms with E-state index < -0.39 is 0 Å². The highest BCUT2D eigenvalue weighted by atomic mass is 16.5. The summed E-state index contributed by atoms with van der Waals surface area (Å²) in [6.45, 7) is 4.74. The van der Waals surface area contributed by atoms with Crippen LogP contribution >= 0.6 is 0 Å². The van der Waals surface area contributed by atoms with Crippen LogP contribution in [0.1, 0.15) is 20.3 Å². The van der Waals surface area contributed by atoms with Crippen molar-refractivity contribution in [3.05, 3.63) is 18.1 Å². The summed E-state index contributed by atoms with van der Waals surface area (Å²) < 4.78 is 4.87. The van der Waals surface area contributed by atoms with Gasteiger partial charge in [0.2, 0.25) is 0 Å². The van der Waals surface area contributed by atoms with Crippen molar-refractivity contribution >= 4 is 0 Å². The van der Waals surface area contributed by atoms with Gasteiger partial charge in [-0.3, -0.25) is 0 Å². The Labute approximate surface area is 50.7 Å². The topological polar surface area (TPSA) is 9.23 Å². The van der Waals surface area contributed by atoms with E-state index in [1.807, 2.05) is 13.0 Å². The first-order valence-corrected chi connectivity index (χ1v) is 2.92. The van der Waals surface area contributed by atoms with Gasteiger partial charge in [-0.2, -0.15) is 0 Å². The van der Waals surface area contributed by atoms with E-state index in [9.17, 15) is 0 Å². The zero-order chi connectivity index (χ0) is 6.24. The van der Waals surface area contributed by atoms with Crippen molar-refractivity contribution in [3.8, 4) is 0 Å². The van der Waals surface area contributed by atoms with Gasteiger partial charge in [-0.25, -0.2) is 0 Å². The predicted octanol–water partition coefficient (Wildman–Crippen LogP) is 2.10. The molecule has 0 saturated heterocycles. The molecule has 0 aliphatic carbocycles. The molecule has 0 radical (unpaired) electrons. The molecule has 0 bridgehead atoms. The van der Waals surface area contributed by atoms with Crippen LogP contribution in [0.4, 0.5) is 0 Å². The number of hydrogen-bond donors (Lipinski definition) is 0. The van der Waals surface area contributed by atoms with E-state index in [0.29, 0.717) is 0 Å². The van der Waals surface area contributed by atoms with Crippen LogP contribution in [0, 0.1) is 0 Å². The Morgan fingerprint density at radius 1 is 1.50 bits per heavy atom. The Kier molecular flexibility index (Phi) is 5.78. The van der Waals surface area contributed by atoms with Crippen molar-refractivity contribution in [1.82, 2.24) is 0 Å². The fraction of sp³-hybridized carbons (Fsp3) is 0.571. The molecule has 8 heavy (non-hydrogen) atoms. The average Bonchev–Trinajstić information content (AvgIpc) is 1.81. The van der Waals surface area contributed by atoms with Crippen LogP contribution < -0.4 is 0 Å². The Balaban J connectivity index is 3.18. The number of allylic oxidation sites excluding steroid dienone is 1. The zero-order valence-corrected chi connectivity index (χ0v) is 5.48. The second-order valence-electron chi connectivity index (χ2n) is 1.35. The lowest BCUT2D eigenvalue weighted by Crippen LogP contribution is -1.73. The molecule has 0 fully saturated rings. The minimum Gasteiger partial charge on any atom is -0.493 e. The molecule has 0 aliphatic heterocycles. The third-order valence-electron chi connectivity index (χ3n) is 0.640. The summed E-state index contributed by atoms with van der Waals surface area (Å²) in [6, 6.07) is 0. The molecule has 0 aromatic rings. The van der Waals surface area contributed by atoms with Crippen LogP contribution in [0.2, 0.25) is 0 Å². The zero-order valence-electron chi connectivity index (χ0n) is 5.48. The second kappa shape index (κ2) is 6.32. The molecule has 46 valence electrons. The summed E-state index contributed by atoms with van der Waals surface area (Å²) in [5.41, 5.74) is 2.86. The Morgan fingerprint density at radius 3 is 2.75 bits per heavy atom. The Bertz CT molecular complexity index is 88.6. The third kappa shape index (κ3) is 5.32. The Hall–Kier alpha value is -0.680. The van der Waals surface area contributed by atoms with Gasteiger partial charge in [0, 0.05) is 0 Å². The first-order valence-electron chi connectivity index (χ1n) is 2.92. The van der Waals surface area contributed by atoms with Crippen LogP contribution in [0.25, 0.3) is 0 Å². The molecule has 0 aromatic heterocycles. The number of ether oxygens (including phenoxy) is 1. The average molecular weight is 112 g/mol. The van der Waals surface area contributed by atoms with Crippen molar-refractivity contribution in [3.63, 3.8) is 0 Å². The molecule has 0 rings (SSSR count). The highest BCUT2D eigenvalue weighted by molar-refractivity contribution is 4.77. The van der Waals surface area contributed by atoms with E-state index >= 15 is 0 Å². The van der Waals surface area contributed by atoms with Crippen molar-refractivity contribution in [1.29, 1.82) is 0 Å². The molecule has 0 aromatic carbocycles. The summed E-state index contributed by atoms with van der Waals surface area (Å²) in [5.74, 6) is 0. The molecule has 0 atom stereocenters. The Morgan fingerprint density at radius 2 is 2.25 bits per heavy atom. The quantitative estimate of drug-likeness (QED) is 0.401. The third-order valence-corrected chi connectivity index (χ3v) is 0.640. The monoisotopic (exact) mass is 112 g/mol. The molecular weight excluding hydrogens is 100 g/mol. The lowest BCUT2D eigenvalue weighted by atomic mass is 10.5. The fourth-order valence-electron chi connectivity index (χ4n) is 0.297. The smallest absolute Gasteiger partial charge is 0.125 e. The summed E-state index contributed by atoms with van der Waals surface area (Å²) in [5, 5.41) is 0. The van der Waals surface area contributed by atoms with Gasteiger partial charge < -0.3 is 4.74 Å². The van der Waals surface area contributed by atoms with Crippen molar-refractivity contribution in [2.24, 2.45) is 0 Å². The number of rotatable bonds is 3. The van der Waals surface area contributed by atoms with E-state index in [2.05, 4.69) is 12.7 Å². The molecule has 0 aliphatic rings. The van der Waals surface area contributed by atoms with Crippen LogP contribution in [0.3, 0.4) is 0 Å². The molecule has 0 unspecified atom stereocenters. The van der Waals surface area contributed by atoms with Gasteiger partial charge in [-0.15, -0.1) is 0 Å². The lowest BCUT2D eigenvalue weighted by Gasteiger charge is -1.85. The van der Waals surface area contributed by atoms with Crippen LogP contribution in [0.5, 0.6) is 0 Å². The van der Waals surface area contributed by atoms with Crippen LogP contribution in [-0.4, -0.2) is 6.61 Å². The molecule has 1 heteroatoms. The van der Waals surface area contributed by atoms with Crippen molar-refractivity contribution < 1.29 is 4.74 Å². The highest BCUT2D eigenvalue weighted by Gasteiger charge is 1.62. The van der Waals surface area contributed by atoms with Gasteiger partial charge >= 0.3 is 0 Å². The van der Waals surface area contributed by atoms with Gasteiger partial charge in [-0.05, 0) is 19.4 Å². The summed E-state index contributed by atoms with van der Waals surface area (Å²) in [6.07, 6.45) is 4.53. The van der Waals surface area contributed by atoms with Gasteiger partial charge in [-0.1, -0.05) is 12.7 Å². The van der Waals surface area contributed by atoms with Gasteiger partial charge in [0.05, 0.1) is 6.61 Å². The van der Waals surface area contributed by atoms with E-state index in [1.165, 1.54) is 0 Å². The maximum atomic E-state index is 4.87. The van der Waals surface area contributed by atoms with E-state index in [1.54, 1.807) is 6.26 Å². The predicted molar refractivity (Wildman–Crippen MR) is 34.6 cm³/mol. The molecule has 0 N–H and O–H groups in total. The largest absolute Gasteiger partial charge is 0.493 e. The summed E-state index contributed by atoms with van der Waals surface area (Å²) >= 11 is 0. The fourth-order valence-corrected chi connectivity index (χ4v) is 0.297. The molecule has 0 heterocycles. The van der Waals surface area contributed by atoms with Crippen LogP contribution in [-0.2, 0) is 4.74 Å². The van der Waals surface area contributed by atoms with Crippen LogP contribution in [0.15, 0.2) is 18.1 Å². The van der Waals surface area contributed by atoms with Crippen molar-refractivity contribution in [2.75, 3.05) is 6.61 Å². The van der Waals surface area contributed by atoms with E-state index in [0.717, 1.165) is 13.0 Å². The highest BCUT2D eigenvalue weighted by Crippen LogP contribution is 1.76. The molecule has 1 nitrogen and oxygen atoms in total. The van der Waals surface area contributed by atoms with Gasteiger partial charge in [0.25, 0.3) is 0 Å². The first-order chi connectivity index (χ1) is 3.91. The van der Waals surface area contributed by atoms with Gasteiger partial charge in [0.15, 0.2) is 0 Å². The van der Waals surface area contributed by atoms with E-state index in [4.69, 9.17) is 4.74 Å². The lowest BCUT2D eigenvalue weighted by molar-refractivity contribution is 0.270. The summed E-state index contributed by atoms with van der Waals surface area (Å²) in [4.78, 5) is 0. The molecule has 0 saturated carbocycles. The minimum atomic E-state index is 0.727. The normalized spacial score (nSPS) is 7.25. The summed E-state index contributed by atoms with van der Waals surface area (Å²) in [7, 11) is 0. The second-order valence-corrected chi connectivity index (χ2v) is 1.35.